The van der Waals surface area contributed by atoms with Gasteiger partial charge in [-0.3, -0.25) is 4.79 Å². The molecule has 0 spiro atoms. The summed E-state index contributed by atoms with van der Waals surface area (Å²) in [6.45, 7) is 0.123. The predicted molar refractivity (Wildman–Crippen MR) is 62.1 cm³/mol. The maximum Gasteiger partial charge on any atom is 0.310 e. The normalized spacial score (nSPS) is 17.2. The van der Waals surface area contributed by atoms with Crippen molar-refractivity contribution < 1.29 is 19.7 Å². The molecule has 4 heteroatoms. The number of aliphatic carboxylic acids is 1. The number of carbonyl (C=O) groups is 1. The number of phenols is 1. The number of phenolic OH excluding ortho intramolecular Hbond substituents is 1. The van der Waals surface area contributed by atoms with Crippen LogP contribution in [0.2, 0.25) is 0 Å². The quantitative estimate of drug-likeness (QED) is 0.823. The summed E-state index contributed by atoms with van der Waals surface area (Å²) < 4.78 is 5.39. The van der Waals surface area contributed by atoms with Gasteiger partial charge >= 0.3 is 5.97 Å². The van der Waals surface area contributed by atoms with Crippen LogP contribution in [0.5, 0.6) is 11.5 Å². The number of para-hydroxylation sites is 2. The van der Waals surface area contributed by atoms with Crippen molar-refractivity contribution in [2.24, 2.45) is 11.8 Å². The first-order valence-electron chi connectivity index (χ1n) is 5.82. The molecule has 0 radical (unpaired) electrons. The summed E-state index contributed by atoms with van der Waals surface area (Å²) in [5.74, 6) is -0.671. The van der Waals surface area contributed by atoms with Gasteiger partial charge in [-0.1, -0.05) is 18.6 Å². The lowest BCUT2D eigenvalue weighted by molar-refractivity contribution is -0.146. The predicted octanol–water partition coefficient (Wildman–Crippen LogP) is 2.27. The molecule has 0 aromatic heterocycles. The first kappa shape index (κ1) is 11.8. The van der Waals surface area contributed by atoms with E-state index in [9.17, 15) is 9.90 Å². The topological polar surface area (TPSA) is 66.8 Å². The number of ether oxygens (including phenoxy) is 1. The van der Waals surface area contributed by atoms with Crippen molar-refractivity contribution in [3.05, 3.63) is 24.3 Å². The number of carboxylic acids is 1. The summed E-state index contributed by atoms with van der Waals surface area (Å²) in [5.41, 5.74) is 0. The SMILES string of the molecule is O=C(O)C(COc1ccccc1O)C1CCC1. The highest BCUT2D eigenvalue weighted by molar-refractivity contribution is 5.70. The summed E-state index contributed by atoms with van der Waals surface area (Å²) in [6.07, 6.45) is 3.02. The van der Waals surface area contributed by atoms with E-state index in [1.54, 1.807) is 18.2 Å². The smallest absolute Gasteiger partial charge is 0.310 e. The average molecular weight is 236 g/mol. The lowest BCUT2D eigenvalue weighted by atomic mass is 9.76. The van der Waals surface area contributed by atoms with Gasteiger partial charge in [0.1, 0.15) is 6.61 Å². The molecule has 1 aliphatic rings. The molecule has 0 heterocycles. The third-order valence-electron chi connectivity index (χ3n) is 3.32. The van der Waals surface area contributed by atoms with Crippen molar-refractivity contribution in [1.29, 1.82) is 0 Å². The zero-order valence-electron chi connectivity index (χ0n) is 9.50. The van der Waals surface area contributed by atoms with Crippen LogP contribution in [0.1, 0.15) is 19.3 Å². The van der Waals surface area contributed by atoms with Gasteiger partial charge in [0.15, 0.2) is 11.5 Å². The average Bonchev–Trinajstić information content (AvgIpc) is 2.23. The zero-order chi connectivity index (χ0) is 12.3. The fourth-order valence-electron chi connectivity index (χ4n) is 2.01. The van der Waals surface area contributed by atoms with Crippen LogP contribution in [-0.4, -0.2) is 22.8 Å². The summed E-state index contributed by atoms with van der Waals surface area (Å²) >= 11 is 0. The van der Waals surface area contributed by atoms with Crippen molar-refractivity contribution in [3.63, 3.8) is 0 Å². The lowest BCUT2D eigenvalue weighted by Crippen LogP contribution is -2.33. The first-order valence-corrected chi connectivity index (χ1v) is 5.82. The fourth-order valence-corrected chi connectivity index (χ4v) is 2.01. The monoisotopic (exact) mass is 236 g/mol. The molecule has 1 atom stereocenters. The fraction of sp³-hybridized carbons (Fsp3) is 0.462. The van der Waals surface area contributed by atoms with Crippen molar-refractivity contribution in [3.8, 4) is 11.5 Å². The van der Waals surface area contributed by atoms with E-state index in [0.29, 0.717) is 5.75 Å². The largest absolute Gasteiger partial charge is 0.504 e. The molecule has 4 nitrogen and oxygen atoms in total. The molecule has 1 aromatic rings. The molecule has 1 aromatic carbocycles. The van der Waals surface area contributed by atoms with Crippen molar-refractivity contribution in [2.45, 2.75) is 19.3 Å². The van der Waals surface area contributed by atoms with Gasteiger partial charge in [0.25, 0.3) is 0 Å². The zero-order valence-corrected chi connectivity index (χ0v) is 9.50. The van der Waals surface area contributed by atoms with Crippen LogP contribution in [0.25, 0.3) is 0 Å². The highest BCUT2D eigenvalue weighted by Crippen LogP contribution is 2.34. The Morgan fingerprint density at radius 3 is 2.65 bits per heavy atom. The van der Waals surface area contributed by atoms with Gasteiger partial charge in [-0.25, -0.2) is 0 Å². The number of hydrogen-bond donors (Lipinski definition) is 2. The van der Waals surface area contributed by atoms with E-state index in [1.165, 1.54) is 6.07 Å². The standard InChI is InChI=1S/C13H16O4/c14-11-6-1-2-7-12(11)17-8-10(13(15)16)9-4-3-5-9/h1-2,6-7,9-10,14H,3-5,8H2,(H,15,16). The molecule has 2 N–H and O–H groups in total. The highest BCUT2D eigenvalue weighted by Gasteiger charge is 2.33. The molecule has 1 saturated carbocycles. The third kappa shape index (κ3) is 2.70. The van der Waals surface area contributed by atoms with E-state index in [2.05, 4.69) is 0 Å². The molecule has 1 aliphatic carbocycles. The van der Waals surface area contributed by atoms with E-state index < -0.39 is 11.9 Å². The van der Waals surface area contributed by atoms with Crippen LogP contribution in [0.3, 0.4) is 0 Å². The van der Waals surface area contributed by atoms with Gasteiger partial charge in [-0.2, -0.15) is 0 Å². The number of carboxylic acid groups (broad SMARTS) is 1. The molecule has 2 rings (SSSR count). The Labute approximate surface area is 99.8 Å². The van der Waals surface area contributed by atoms with E-state index in [0.717, 1.165) is 19.3 Å². The Bertz CT molecular complexity index is 398. The minimum Gasteiger partial charge on any atom is -0.504 e. The summed E-state index contributed by atoms with van der Waals surface area (Å²) in [7, 11) is 0. The van der Waals surface area contributed by atoms with Crippen LogP contribution < -0.4 is 4.74 Å². The molecule has 1 fully saturated rings. The maximum atomic E-state index is 11.1. The number of benzene rings is 1. The van der Waals surface area contributed by atoms with Crippen molar-refractivity contribution >= 4 is 5.97 Å². The molecule has 1 unspecified atom stereocenters. The third-order valence-corrected chi connectivity index (χ3v) is 3.32. The molecule has 0 bridgehead atoms. The van der Waals surface area contributed by atoms with Crippen molar-refractivity contribution in [1.82, 2.24) is 0 Å². The number of rotatable bonds is 5. The molecule has 0 aliphatic heterocycles. The minimum absolute atomic E-state index is 0.0465. The second kappa shape index (κ2) is 5.08. The molecule has 92 valence electrons. The van der Waals surface area contributed by atoms with E-state index in [1.807, 2.05) is 0 Å². The molecule has 0 amide bonds. The maximum absolute atomic E-state index is 11.1. The van der Waals surface area contributed by atoms with E-state index in [-0.39, 0.29) is 18.3 Å². The summed E-state index contributed by atoms with van der Waals surface area (Å²) in [6, 6.07) is 6.60. The van der Waals surface area contributed by atoms with Gasteiger partial charge in [0, 0.05) is 0 Å². The van der Waals surface area contributed by atoms with Crippen LogP contribution in [-0.2, 0) is 4.79 Å². The van der Waals surface area contributed by atoms with E-state index in [4.69, 9.17) is 9.84 Å². The van der Waals surface area contributed by atoms with Crippen molar-refractivity contribution in [2.75, 3.05) is 6.61 Å². The molecular formula is C13H16O4. The lowest BCUT2D eigenvalue weighted by Gasteiger charge is -2.30. The highest BCUT2D eigenvalue weighted by atomic mass is 16.5. The van der Waals surface area contributed by atoms with Crippen LogP contribution in [0, 0.1) is 11.8 Å². The van der Waals surface area contributed by atoms with Gasteiger partial charge in [0.05, 0.1) is 5.92 Å². The first-order chi connectivity index (χ1) is 8.18. The Kier molecular flexibility index (Phi) is 3.52. The Morgan fingerprint density at radius 1 is 1.41 bits per heavy atom. The summed E-state index contributed by atoms with van der Waals surface area (Å²) in [4.78, 5) is 11.1. The van der Waals surface area contributed by atoms with Crippen LogP contribution in [0.15, 0.2) is 24.3 Å². The Hall–Kier alpha value is -1.71. The second-order valence-corrected chi connectivity index (χ2v) is 4.41. The van der Waals surface area contributed by atoms with E-state index >= 15 is 0 Å². The van der Waals surface area contributed by atoms with Crippen LogP contribution >= 0.6 is 0 Å². The van der Waals surface area contributed by atoms with Gasteiger partial charge < -0.3 is 14.9 Å². The van der Waals surface area contributed by atoms with Gasteiger partial charge in [-0.05, 0) is 30.9 Å². The van der Waals surface area contributed by atoms with Gasteiger partial charge in [-0.15, -0.1) is 0 Å². The molecular weight excluding hydrogens is 220 g/mol. The number of aromatic hydroxyl groups is 1. The second-order valence-electron chi connectivity index (χ2n) is 4.41. The molecule has 0 saturated heterocycles. The minimum atomic E-state index is -0.815. The number of hydrogen-bond acceptors (Lipinski definition) is 3. The van der Waals surface area contributed by atoms with Crippen LogP contribution in [0.4, 0.5) is 0 Å². The van der Waals surface area contributed by atoms with Gasteiger partial charge in [0.2, 0.25) is 0 Å². The Morgan fingerprint density at radius 2 is 2.12 bits per heavy atom. The Balaban J connectivity index is 1.95. The summed E-state index contributed by atoms with van der Waals surface area (Å²) in [5, 5.41) is 18.6. The molecule has 17 heavy (non-hydrogen) atoms.